The number of hydrogen-bond donors (Lipinski definition) is 2. The van der Waals surface area contributed by atoms with E-state index in [0.29, 0.717) is 0 Å². The molecular formula is C12H12N2S3. The van der Waals surface area contributed by atoms with Gasteiger partial charge >= 0.3 is 0 Å². The third-order valence-electron chi connectivity index (χ3n) is 2.18. The molecule has 0 saturated heterocycles. The minimum absolute atomic E-state index is 0.133. The van der Waals surface area contributed by atoms with E-state index < -0.39 is 0 Å². The van der Waals surface area contributed by atoms with Gasteiger partial charge in [0.25, 0.3) is 0 Å². The van der Waals surface area contributed by atoms with Gasteiger partial charge in [0.2, 0.25) is 0 Å². The molecule has 0 aliphatic heterocycles. The van der Waals surface area contributed by atoms with Crippen molar-refractivity contribution in [3.63, 3.8) is 0 Å². The lowest BCUT2D eigenvalue weighted by Crippen LogP contribution is -2.13. The summed E-state index contributed by atoms with van der Waals surface area (Å²) in [5.74, 6) is 0.133. The van der Waals surface area contributed by atoms with Gasteiger partial charge < -0.3 is 5.73 Å². The zero-order valence-corrected chi connectivity index (χ0v) is 11.7. The van der Waals surface area contributed by atoms with Crippen LogP contribution in [0.1, 0.15) is 5.56 Å². The van der Waals surface area contributed by atoms with Crippen LogP contribution in [-0.4, -0.2) is 12.1 Å². The van der Waals surface area contributed by atoms with Gasteiger partial charge in [-0.3, -0.25) is 5.41 Å². The lowest BCUT2D eigenvalue weighted by Gasteiger charge is -2.10. The highest BCUT2D eigenvalue weighted by Gasteiger charge is 2.12. The van der Waals surface area contributed by atoms with E-state index in [1.54, 1.807) is 34.9 Å². The topological polar surface area (TPSA) is 49.9 Å². The quantitative estimate of drug-likeness (QED) is 0.507. The molecule has 0 saturated carbocycles. The maximum absolute atomic E-state index is 7.70. The van der Waals surface area contributed by atoms with Crippen LogP contribution in [-0.2, 0) is 0 Å². The fourth-order valence-electron chi connectivity index (χ4n) is 1.46. The molecule has 1 heterocycles. The maximum atomic E-state index is 7.70. The standard InChI is InChI=1S/C12H12N2S3/c1-15-8-4-2-5-9(11(8)12(13)14)17-10-6-3-7-16-10/h2-7H,1H3,(H3,13,14). The molecule has 2 rings (SSSR count). The van der Waals surface area contributed by atoms with E-state index in [-0.39, 0.29) is 5.84 Å². The van der Waals surface area contributed by atoms with Gasteiger partial charge in [0.15, 0.2) is 0 Å². The molecule has 0 unspecified atom stereocenters. The predicted molar refractivity (Wildman–Crippen MR) is 77.7 cm³/mol. The van der Waals surface area contributed by atoms with Crippen molar-refractivity contribution in [3.05, 3.63) is 41.3 Å². The largest absolute Gasteiger partial charge is 0.384 e. The van der Waals surface area contributed by atoms with Crippen molar-refractivity contribution in [3.8, 4) is 0 Å². The highest BCUT2D eigenvalue weighted by molar-refractivity contribution is 8.01. The lowest BCUT2D eigenvalue weighted by molar-refractivity contribution is 1.25. The number of amidine groups is 1. The number of benzene rings is 1. The van der Waals surface area contributed by atoms with Gasteiger partial charge in [0, 0.05) is 15.4 Å². The third-order valence-corrected chi connectivity index (χ3v) is 5.06. The van der Waals surface area contributed by atoms with Crippen LogP contribution in [0.2, 0.25) is 0 Å². The number of hydrogen-bond acceptors (Lipinski definition) is 4. The highest BCUT2D eigenvalue weighted by Crippen LogP contribution is 2.36. The molecule has 0 bridgehead atoms. The van der Waals surface area contributed by atoms with E-state index in [9.17, 15) is 0 Å². The smallest absolute Gasteiger partial charge is 0.125 e. The second kappa shape index (κ2) is 5.62. The Kier molecular flexibility index (Phi) is 4.15. The molecule has 0 fully saturated rings. The summed E-state index contributed by atoms with van der Waals surface area (Å²) in [5, 5.41) is 9.75. The summed E-state index contributed by atoms with van der Waals surface area (Å²) in [6.07, 6.45) is 2.00. The van der Waals surface area contributed by atoms with E-state index >= 15 is 0 Å². The molecule has 1 aromatic carbocycles. The SMILES string of the molecule is CSc1cccc(Sc2cccs2)c1C(=N)N. The van der Waals surface area contributed by atoms with E-state index in [0.717, 1.165) is 15.4 Å². The van der Waals surface area contributed by atoms with Crippen molar-refractivity contribution >= 4 is 40.7 Å². The number of nitrogens with one attached hydrogen (secondary N) is 1. The zero-order valence-electron chi connectivity index (χ0n) is 9.27. The molecule has 17 heavy (non-hydrogen) atoms. The summed E-state index contributed by atoms with van der Waals surface area (Å²) >= 11 is 4.98. The van der Waals surface area contributed by atoms with Gasteiger partial charge in [-0.1, -0.05) is 23.9 Å². The summed E-state index contributed by atoms with van der Waals surface area (Å²) in [6.45, 7) is 0. The molecule has 88 valence electrons. The molecular weight excluding hydrogens is 268 g/mol. The first kappa shape index (κ1) is 12.5. The molecule has 0 aliphatic rings. The monoisotopic (exact) mass is 280 g/mol. The van der Waals surface area contributed by atoms with Gasteiger partial charge in [-0.15, -0.1) is 23.1 Å². The molecule has 0 spiro atoms. The van der Waals surface area contributed by atoms with Gasteiger partial charge in [-0.25, -0.2) is 0 Å². The number of thioether (sulfide) groups is 1. The molecule has 0 amide bonds. The molecule has 0 atom stereocenters. The normalized spacial score (nSPS) is 10.4. The Balaban J connectivity index is 2.42. The first-order valence-electron chi connectivity index (χ1n) is 4.95. The summed E-state index contributed by atoms with van der Waals surface area (Å²) in [5.41, 5.74) is 6.53. The summed E-state index contributed by atoms with van der Waals surface area (Å²) in [7, 11) is 0. The lowest BCUT2D eigenvalue weighted by atomic mass is 10.2. The van der Waals surface area contributed by atoms with Gasteiger partial charge in [-0.05, 0) is 29.8 Å². The van der Waals surface area contributed by atoms with Crippen molar-refractivity contribution in [1.29, 1.82) is 5.41 Å². The van der Waals surface area contributed by atoms with Crippen LogP contribution in [0.15, 0.2) is 49.7 Å². The Morgan fingerprint density at radius 2 is 2.00 bits per heavy atom. The second-order valence-electron chi connectivity index (χ2n) is 3.28. The summed E-state index contributed by atoms with van der Waals surface area (Å²) in [4.78, 5) is 2.10. The first-order valence-corrected chi connectivity index (χ1v) is 7.87. The minimum Gasteiger partial charge on any atom is -0.384 e. The Bertz CT molecular complexity index is 521. The number of nitrogens with two attached hydrogens (primary N) is 1. The maximum Gasteiger partial charge on any atom is 0.125 e. The predicted octanol–water partition coefficient (Wildman–Crippen LogP) is 3.91. The Hall–Kier alpha value is -0.910. The highest BCUT2D eigenvalue weighted by atomic mass is 32.2. The molecule has 0 radical (unpaired) electrons. The fourth-order valence-corrected chi connectivity index (χ4v) is 4.07. The van der Waals surface area contributed by atoms with Crippen molar-refractivity contribution in [2.45, 2.75) is 14.0 Å². The number of nitrogen functional groups attached to an aromatic ring is 1. The third kappa shape index (κ3) is 2.86. The van der Waals surface area contributed by atoms with Crippen LogP contribution in [0, 0.1) is 5.41 Å². The van der Waals surface area contributed by atoms with E-state index in [1.807, 2.05) is 35.9 Å². The van der Waals surface area contributed by atoms with Crippen LogP contribution in [0.25, 0.3) is 0 Å². The van der Waals surface area contributed by atoms with Gasteiger partial charge in [0.1, 0.15) is 5.84 Å². The molecule has 0 aliphatic carbocycles. The molecule has 1 aromatic heterocycles. The molecule has 5 heteroatoms. The average molecular weight is 280 g/mol. The number of thiophene rings is 1. The fraction of sp³-hybridized carbons (Fsp3) is 0.0833. The Morgan fingerprint density at radius 1 is 1.24 bits per heavy atom. The summed E-state index contributed by atoms with van der Waals surface area (Å²) < 4.78 is 1.21. The van der Waals surface area contributed by atoms with Crippen molar-refractivity contribution in [2.24, 2.45) is 5.73 Å². The average Bonchev–Trinajstić information content (AvgIpc) is 2.81. The molecule has 2 nitrogen and oxygen atoms in total. The van der Waals surface area contributed by atoms with Crippen molar-refractivity contribution < 1.29 is 0 Å². The van der Waals surface area contributed by atoms with Gasteiger partial charge in [-0.2, -0.15) is 0 Å². The first-order chi connectivity index (χ1) is 8.22. The molecule has 2 aromatic rings. The van der Waals surface area contributed by atoms with Crippen LogP contribution in [0.4, 0.5) is 0 Å². The van der Waals surface area contributed by atoms with Crippen molar-refractivity contribution in [2.75, 3.05) is 6.26 Å². The second-order valence-corrected chi connectivity index (χ2v) is 6.42. The van der Waals surface area contributed by atoms with Crippen LogP contribution >= 0.6 is 34.9 Å². The Labute approximate surface area is 113 Å². The van der Waals surface area contributed by atoms with Gasteiger partial charge in [0.05, 0.1) is 4.21 Å². The van der Waals surface area contributed by atoms with E-state index in [1.165, 1.54) is 4.21 Å². The Morgan fingerprint density at radius 3 is 2.59 bits per heavy atom. The number of rotatable bonds is 4. The van der Waals surface area contributed by atoms with E-state index in [2.05, 4.69) is 6.07 Å². The van der Waals surface area contributed by atoms with Crippen molar-refractivity contribution in [1.82, 2.24) is 0 Å². The van der Waals surface area contributed by atoms with Crippen LogP contribution < -0.4 is 5.73 Å². The zero-order chi connectivity index (χ0) is 12.3. The van der Waals surface area contributed by atoms with Crippen LogP contribution in [0.5, 0.6) is 0 Å². The summed E-state index contributed by atoms with van der Waals surface area (Å²) in [6, 6.07) is 10.1. The molecule has 3 N–H and O–H groups in total. The van der Waals surface area contributed by atoms with E-state index in [4.69, 9.17) is 11.1 Å². The minimum atomic E-state index is 0.133. The van der Waals surface area contributed by atoms with Crippen LogP contribution in [0.3, 0.4) is 0 Å².